The summed E-state index contributed by atoms with van der Waals surface area (Å²) in [6, 6.07) is 9.58. The number of rotatable bonds is 10. The Kier molecular flexibility index (Phi) is 9.99. The number of nitrogens with one attached hydrogen (secondary N) is 1. The minimum absolute atomic E-state index is 0.0538. The molecule has 12 heteroatoms. The number of pyridine rings is 1. The SMILES string of the molecule is COc1ccnc(C(=O)NC2CCCC(Oc3ccccc3)C(OC(=O)C3CC3)C(C)OC2=O)c1OCOC(C)=O. The first-order chi connectivity index (χ1) is 19.8. The average molecular weight is 571 g/mol. The summed E-state index contributed by atoms with van der Waals surface area (Å²) in [5.74, 6) is -1.74. The number of carbonyl (C=O) groups is 4. The van der Waals surface area contributed by atoms with Crippen molar-refractivity contribution in [1.82, 2.24) is 10.3 Å². The zero-order chi connectivity index (χ0) is 29.4. The highest BCUT2D eigenvalue weighted by atomic mass is 16.7. The minimum atomic E-state index is -1.03. The first-order valence-corrected chi connectivity index (χ1v) is 13.5. The van der Waals surface area contributed by atoms with Gasteiger partial charge in [0, 0.05) is 19.2 Å². The van der Waals surface area contributed by atoms with E-state index in [4.69, 9.17) is 28.4 Å². The molecule has 4 rings (SSSR count). The van der Waals surface area contributed by atoms with E-state index in [2.05, 4.69) is 10.3 Å². The third-order valence-electron chi connectivity index (χ3n) is 6.66. The number of para-hydroxylation sites is 1. The van der Waals surface area contributed by atoms with Crippen LogP contribution in [-0.4, -0.2) is 67.1 Å². The van der Waals surface area contributed by atoms with Crippen LogP contribution in [0.2, 0.25) is 0 Å². The van der Waals surface area contributed by atoms with Crippen LogP contribution in [-0.2, 0) is 28.6 Å². The van der Waals surface area contributed by atoms with Crippen LogP contribution < -0.4 is 19.5 Å². The summed E-state index contributed by atoms with van der Waals surface area (Å²) in [4.78, 5) is 54.4. The van der Waals surface area contributed by atoms with E-state index in [1.54, 1.807) is 19.1 Å². The van der Waals surface area contributed by atoms with Gasteiger partial charge in [0.1, 0.15) is 24.0 Å². The van der Waals surface area contributed by atoms with Gasteiger partial charge in [-0.25, -0.2) is 9.78 Å². The first kappa shape index (κ1) is 29.6. The summed E-state index contributed by atoms with van der Waals surface area (Å²) in [6.45, 7) is 2.39. The fraction of sp³-hybridized carbons (Fsp3) is 0.483. The second-order valence-corrected chi connectivity index (χ2v) is 9.83. The Morgan fingerprint density at radius 1 is 1.07 bits per heavy atom. The van der Waals surface area contributed by atoms with Crippen LogP contribution in [0.5, 0.6) is 17.2 Å². The molecule has 1 saturated heterocycles. The molecular formula is C29H34N2O10. The monoisotopic (exact) mass is 570 g/mol. The molecule has 2 aromatic rings. The summed E-state index contributed by atoms with van der Waals surface area (Å²) in [5.41, 5.74) is -0.168. The molecule has 4 atom stereocenters. The predicted octanol–water partition coefficient (Wildman–Crippen LogP) is 2.97. The first-order valence-electron chi connectivity index (χ1n) is 13.5. The van der Waals surface area contributed by atoms with Gasteiger partial charge in [-0.3, -0.25) is 14.4 Å². The van der Waals surface area contributed by atoms with E-state index in [0.717, 1.165) is 12.8 Å². The van der Waals surface area contributed by atoms with Crippen molar-refractivity contribution in [2.75, 3.05) is 13.9 Å². The molecule has 1 amide bonds. The van der Waals surface area contributed by atoms with Crippen molar-refractivity contribution >= 4 is 23.8 Å². The van der Waals surface area contributed by atoms with Crippen LogP contribution in [0.1, 0.15) is 56.4 Å². The van der Waals surface area contributed by atoms with Gasteiger partial charge < -0.3 is 33.7 Å². The molecule has 0 spiro atoms. The second kappa shape index (κ2) is 13.8. The molecular weight excluding hydrogens is 536 g/mol. The van der Waals surface area contributed by atoms with Crippen molar-refractivity contribution in [3.8, 4) is 17.2 Å². The van der Waals surface area contributed by atoms with Crippen LogP contribution in [0.25, 0.3) is 0 Å². The Morgan fingerprint density at radius 3 is 2.51 bits per heavy atom. The van der Waals surface area contributed by atoms with Gasteiger partial charge in [-0.15, -0.1) is 0 Å². The lowest BCUT2D eigenvalue weighted by Gasteiger charge is -2.31. The number of hydrogen-bond donors (Lipinski definition) is 1. The highest BCUT2D eigenvalue weighted by molar-refractivity contribution is 5.98. The fourth-order valence-electron chi connectivity index (χ4n) is 4.38. The van der Waals surface area contributed by atoms with Gasteiger partial charge in [0.25, 0.3) is 5.91 Å². The number of esters is 3. The van der Waals surface area contributed by atoms with E-state index in [1.165, 1.54) is 26.3 Å². The summed E-state index contributed by atoms with van der Waals surface area (Å²) >= 11 is 0. The van der Waals surface area contributed by atoms with Gasteiger partial charge >= 0.3 is 17.9 Å². The molecule has 1 aromatic carbocycles. The standard InChI is InChI=1S/C29H34N2O10/c1-17-25(41-28(34)19-12-13-19)23(40-20-8-5-4-6-9-20)11-7-10-21(29(35)39-17)31-27(33)24-26(38-16-37-18(2)32)22(36-3)14-15-30-24/h4-6,8-9,14-15,17,19,21,23,25H,7,10-13,16H2,1-3H3,(H,31,33). The molecule has 2 fully saturated rings. The zero-order valence-electron chi connectivity index (χ0n) is 23.2. The molecule has 2 aliphatic rings. The van der Waals surface area contributed by atoms with Gasteiger partial charge in [-0.05, 0) is 51.2 Å². The van der Waals surface area contributed by atoms with Crippen molar-refractivity contribution < 1.29 is 47.6 Å². The number of cyclic esters (lactones) is 1. The van der Waals surface area contributed by atoms with Crippen LogP contribution in [0, 0.1) is 5.92 Å². The molecule has 0 bridgehead atoms. The number of carbonyl (C=O) groups excluding carboxylic acids is 4. The second-order valence-electron chi connectivity index (χ2n) is 9.83. The van der Waals surface area contributed by atoms with Crippen molar-refractivity contribution in [2.24, 2.45) is 5.92 Å². The van der Waals surface area contributed by atoms with Gasteiger partial charge in [-0.1, -0.05) is 18.2 Å². The smallest absolute Gasteiger partial charge is 0.329 e. The highest BCUT2D eigenvalue weighted by Gasteiger charge is 2.41. The molecule has 4 unspecified atom stereocenters. The number of aromatic nitrogens is 1. The molecule has 1 saturated carbocycles. The molecule has 1 aromatic heterocycles. The molecule has 220 valence electrons. The summed E-state index contributed by atoms with van der Waals surface area (Å²) in [6.07, 6.45) is 1.70. The maximum Gasteiger partial charge on any atom is 0.329 e. The molecule has 0 radical (unpaired) electrons. The number of amides is 1. The van der Waals surface area contributed by atoms with E-state index < -0.39 is 49.0 Å². The summed E-state index contributed by atoms with van der Waals surface area (Å²) < 4.78 is 33.3. The van der Waals surface area contributed by atoms with Crippen LogP contribution >= 0.6 is 0 Å². The maximum atomic E-state index is 13.3. The number of ether oxygens (including phenoxy) is 6. The summed E-state index contributed by atoms with van der Waals surface area (Å²) in [5, 5.41) is 2.67. The largest absolute Gasteiger partial charge is 0.493 e. The third-order valence-corrected chi connectivity index (χ3v) is 6.66. The Morgan fingerprint density at radius 2 is 1.83 bits per heavy atom. The molecule has 12 nitrogen and oxygen atoms in total. The lowest BCUT2D eigenvalue weighted by atomic mass is 10.0. The Bertz CT molecular complexity index is 1230. The lowest BCUT2D eigenvalue weighted by Crippen LogP contribution is -2.47. The highest BCUT2D eigenvalue weighted by Crippen LogP contribution is 2.33. The third kappa shape index (κ3) is 8.09. The molecule has 1 N–H and O–H groups in total. The van der Waals surface area contributed by atoms with E-state index in [9.17, 15) is 19.2 Å². The van der Waals surface area contributed by atoms with Crippen molar-refractivity contribution in [3.05, 3.63) is 48.3 Å². The fourth-order valence-corrected chi connectivity index (χ4v) is 4.38. The number of benzene rings is 1. The van der Waals surface area contributed by atoms with Gasteiger partial charge in [-0.2, -0.15) is 0 Å². The number of hydrogen-bond acceptors (Lipinski definition) is 11. The lowest BCUT2D eigenvalue weighted by molar-refractivity contribution is -0.175. The van der Waals surface area contributed by atoms with Crippen molar-refractivity contribution in [3.63, 3.8) is 0 Å². The summed E-state index contributed by atoms with van der Waals surface area (Å²) in [7, 11) is 1.38. The quantitative estimate of drug-likeness (QED) is 0.255. The molecule has 41 heavy (non-hydrogen) atoms. The van der Waals surface area contributed by atoms with Crippen molar-refractivity contribution in [2.45, 2.75) is 70.3 Å². The van der Waals surface area contributed by atoms with Gasteiger partial charge in [0.2, 0.25) is 6.79 Å². The van der Waals surface area contributed by atoms with Gasteiger partial charge in [0.05, 0.1) is 13.0 Å². The number of nitrogens with zero attached hydrogens (tertiary/aromatic N) is 1. The van der Waals surface area contributed by atoms with Crippen LogP contribution in [0.15, 0.2) is 42.6 Å². The molecule has 1 aliphatic heterocycles. The average Bonchev–Trinajstić information content (AvgIpc) is 3.80. The Labute approximate surface area is 237 Å². The molecule has 1 aliphatic carbocycles. The Balaban J connectivity index is 1.51. The van der Waals surface area contributed by atoms with Gasteiger partial charge in [0.15, 0.2) is 23.3 Å². The van der Waals surface area contributed by atoms with Crippen LogP contribution in [0.4, 0.5) is 0 Å². The Hall–Kier alpha value is -4.35. The van der Waals surface area contributed by atoms with E-state index in [-0.39, 0.29) is 35.5 Å². The van der Waals surface area contributed by atoms with E-state index >= 15 is 0 Å². The zero-order valence-corrected chi connectivity index (χ0v) is 23.2. The normalized spacial score (nSPS) is 22.6. The molecule has 2 heterocycles. The predicted molar refractivity (Wildman–Crippen MR) is 142 cm³/mol. The van der Waals surface area contributed by atoms with Crippen molar-refractivity contribution in [1.29, 1.82) is 0 Å². The van der Waals surface area contributed by atoms with Crippen LogP contribution in [0.3, 0.4) is 0 Å². The maximum absolute atomic E-state index is 13.3. The van der Waals surface area contributed by atoms with E-state index in [0.29, 0.717) is 18.6 Å². The minimum Gasteiger partial charge on any atom is -0.493 e. The topological polar surface area (TPSA) is 149 Å². The van der Waals surface area contributed by atoms with E-state index in [1.807, 2.05) is 18.2 Å². The number of methoxy groups -OCH3 is 1.